The average Bonchev–Trinajstić information content (AvgIpc) is 2.60. The predicted molar refractivity (Wildman–Crippen MR) is 90.7 cm³/mol. The molecule has 0 fully saturated rings. The third kappa shape index (κ3) is 4.54. The Kier molecular flexibility index (Phi) is 6.09. The van der Waals surface area contributed by atoms with Gasteiger partial charge in [0, 0.05) is 24.5 Å². The van der Waals surface area contributed by atoms with Crippen LogP contribution in [0.25, 0.3) is 11.3 Å². The molecule has 0 radical (unpaired) electrons. The first-order chi connectivity index (χ1) is 11.9. The number of methoxy groups -OCH3 is 2. The number of pyridine rings is 1. The van der Waals surface area contributed by atoms with E-state index in [0.29, 0.717) is 22.6 Å². The number of hydrogen-bond donors (Lipinski definition) is 0. The number of nitrogens with zero attached hydrogens (tertiary/aromatic N) is 2. The molecule has 7 nitrogen and oxygen atoms in total. The number of ether oxygens (including phenoxy) is 3. The Hall–Kier alpha value is -2.47. The fourth-order valence-corrected chi connectivity index (χ4v) is 3.01. The van der Waals surface area contributed by atoms with E-state index in [0.717, 1.165) is 6.26 Å². The van der Waals surface area contributed by atoms with Gasteiger partial charge in [-0.05, 0) is 30.3 Å². The zero-order chi connectivity index (χ0) is 18.4. The summed E-state index contributed by atoms with van der Waals surface area (Å²) in [5.41, 5.74) is 1.69. The van der Waals surface area contributed by atoms with Crippen molar-refractivity contribution in [2.75, 3.05) is 27.3 Å². The largest absolute Gasteiger partial charge is 0.497 e. The van der Waals surface area contributed by atoms with Gasteiger partial charge in [-0.15, -0.1) is 0 Å². The zero-order valence-corrected chi connectivity index (χ0v) is 15.0. The van der Waals surface area contributed by atoms with Crippen molar-refractivity contribution in [3.63, 3.8) is 0 Å². The van der Waals surface area contributed by atoms with Crippen LogP contribution in [0, 0.1) is 11.3 Å². The smallest absolute Gasteiger partial charge is 0.194 e. The van der Waals surface area contributed by atoms with E-state index >= 15 is 0 Å². The Morgan fingerprint density at radius 1 is 1.20 bits per heavy atom. The lowest BCUT2D eigenvalue weighted by Gasteiger charge is -2.13. The van der Waals surface area contributed by atoms with E-state index < -0.39 is 9.84 Å². The van der Waals surface area contributed by atoms with Crippen LogP contribution in [0.1, 0.15) is 11.1 Å². The Bertz CT molecular complexity index is 886. The van der Waals surface area contributed by atoms with Crippen LogP contribution in [-0.4, -0.2) is 40.7 Å². The maximum atomic E-state index is 12.0. The number of sulfone groups is 1. The van der Waals surface area contributed by atoms with Gasteiger partial charge >= 0.3 is 0 Å². The molecule has 2 rings (SSSR count). The van der Waals surface area contributed by atoms with Gasteiger partial charge in [0.25, 0.3) is 0 Å². The molecule has 0 aliphatic heterocycles. The van der Waals surface area contributed by atoms with E-state index in [1.165, 1.54) is 13.2 Å². The summed E-state index contributed by atoms with van der Waals surface area (Å²) in [6.45, 7) is 0.193. The van der Waals surface area contributed by atoms with Crippen molar-refractivity contribution in [1.29, 1.82) is 5.26 Å². The summed E-state index contributed by atoms with van der Waals surface area (Å²) in [6, 6.07) is 10.4. The molecule has 0 bridgehead atoms. The third-order valence-corrected chi connectivity index (χ3v) is 4.37. The Labute approximate surface area is 146 Å². The molecule has 8 heteroatoms. The summed E-state index contributed by atoms with van der Waals surface area (Å²) in [5, 5.41) is 9.02. The zero-order valence-electron chi connectivity index (χ0n) is 14.1. The third-order valence-electron chi connectivity index (χ3n) is 3.36. The molecule has 1 aromatic carbocycles. The van der Waals surface area contributed by atoms with Crippen molar-refractivity contribution in [3.8, 4) is 23.1 Å². The molecule has 0 spiro atoms. The van der Waals surface area contributed by atoms with Gasteiger partial charge in [-0.25, -0.2) is 13.4 Å². The van der Waals surface area contributed by atoms with E-state index in [4.69, 9.17) is 14.2 Å². The monoisotopic (exact) mass is 362 g/mol. The lowest BCUT2D eigenvalue weighted by atomic mass is 10.0. The number of nitriles is 1. The second-order valence-electron chi connectivity index (χ2n) is 5.22. The van der Waals surface area contributed by atoms with Gasteiger partial charge < -0.3 is 14.2 Å². The van der Waals surface area contributed by atoms with Gasteiger partial charge in [0.2, 0.25) is 0 Å². The fraction of sp³-hybridized carbons (Fsp3) is 0.294. The minimum Gasteiger partial charge on any atom is -0.497 e. The van der Waals surface area contributed by atoms with E-state index in [1.54, 1.807) is 31.4 Å². The first-order valence-electron chi connectivity index (χ1n) is 7.26. The van der Waals surface area contributed by atoms with Gasteiger partial charge in [-0.3, -0.25) is 0 Å². The number of rotatable bonds is 7. The van der Waals surface area contributed by atoms with Crippen molar-refractivity contribution >= 4 is 9.84 Å². The molecule has 1 aromatic heterocycles. The van der Waals surface area contributed by atoms with Crippen LogP contribution in [-0.2, 0) is 25.9 Å². The van der Waals surface area contributed by atoms with E-state index in [9.17, 15) is 13.7 Å². The highest BCUT2D eigenvalue weighted by atomic mass is 32.2. The molecule has 0 saturated heterocycles. The summed E-state index contributed by atoms with van der Waals surface area (Å²) in [4.78, 5) is 4.25. The second-order valence-corrected chi connectivity index (χ2v) is 7.15. The van der Waals surface area contributed by atoms with Crippen molar-refractivity contribution in [3.05, 3.63) is 41.5 Å². The highest BCUT2D eigenvalue weighted by Crippen LogP contribution is 2.28. The minimum absolute atomic E-state index is 0.0178. The molecule has 0 atom stereocenters. The maximum Gasteiger partial charge on any atom is 0.194 e. The first kappa shape index (κ1) is 18.9. The van der Waals surface area contributed by atoms with E-state index in [-0.39, 0.29) is 24.0 Å². The molecule has 0 aliphatic carbocycles. The van der Waals surface area contributed by atoms with Crippen LogP contribution in [0.4, 0.5) is 0 Å². The Balaban J connectivity index is 2.61. The normalized spacial score (nSPS) is 11.1. The highest BCUT2D eigenvalue weighted by molar-refractivity contribution is 7.90. The van der Waals surface area contributed by atoms with Crippen molar-refractivity contribution < 1.29 is 22.6 Å². The van der Waals surface area contributed by atoms with Crippen LogP contribution in [0.15, 0.2) is 35.4 Å². The highest BCUT2D eigenvalue weighted by Gasteiger charge is 2.20. The van der Waals surface area contributed by atoms with Crippen LogP contribution < -0.4 is 4.74 Å². The van der Waals surface area contributed by atoms with Gasteiger partial charge in [0.15, 0.2) is 14.9 Å². The standard InChI is InChI=1S/C17H18N2O5S/c1-22-11-24-10-14-8-13(9-18)17(25(3,20)21)19-16(14)12-4-6-15(23-2)7-5-12/h4-8H,10-11H2,1-3H3. The molecule has 0 aliphatic rings. The first-order valence-corrected chi connectivity index (χ1v) is 9.15. The lowest BCUT2D eigenvalue weighted by Crippen LogP contribution is -2.08. The van der Waals surface area contributed by atoms with Gasteiger partial charge in [-0.1, -0.05) is 0 Å². The molecular weight excluding hydrogens is 344 g/mol. The van der Waals surface area contributed by atoms with Crippen LogP contribution in [0.3, 0.4) is 0 Å². The fourth-order valence-electron chi connectivity index (χ4n) is 2.24. The maximum absolute atomic E-state index is 12.0. The Morgan fingerprint density at radius 2 is 1.88 bits per heavy atom. The van der Waals surface area contributed by atoms with Crippen LogP contribution >= 0.6 is 0 Å². The molecule has 1 heterocycles. The van der Waals surface area contributed by atoms with E-state index in [1.807, 2.05) is 6.07 Å². The van der Waals surface area contributed by atoms with Gasteiger partial charge in [0.05, 0.1) is 25.0 Å². The molecular formula is C17H18N2O5S. The number of aromatic nitrogens is 1. The number of benzene rings is 1. The summed E-state index contributed by atoms with van der Waals surface area (Å²) in [7, 11) is -0.602. The van der Waals surface area contributed by atoms with Crippen molar-refractivity contribution in [2.24, 2.45) is 0 Å². The predicted octanol–water partition coefficient (Wildman–Crippen LogP) is 2.15. The SMILES string of the molecule is COCOCc1cc(C#N)c(S(C)(=O)=O)nc1-c1ccc(OC)cc1. The van der Waals surface area contributed by atoms with Crippen LogP contribution in [0.2, 0.25) is 0 Å². The summed E-state index contributed by atoms with van der Waals surface area (Å²) in [5.74, 6) is 0.665. The van der Waals surface area contributed by atoms with E-state index in [2.05, 4.69) is 4.98 Å². The topological polar surface area (TPSA) is 98.5 Å². The molecule has 0 unspecified atom stereocenters. The molecule has 2 aromatic rings. The lowest BCUT2D eigenvalue weighted by molar-refractivity contribution is -0.0390. The number of hydrogen-bond acceptors (Lipinski definition) is 7. The van der Waals surface area contributed by atoms with Crippen molar-refractivity contribution in [1.82, 2.24) is 4.98 Å². The Morgan fingerprint density at radius 3 is 2.40 bits per heavy atom. The molecule has 0 amide bonds. The van der Waals surface area contributed by atoms with Crippen LogP contribution in [0.5, 0.6) is 5.75 Å². The molecule has 132 valence electrons. The molecule has 0 saturated carbocycles. The molecule has 25 heavy (non-hydrogen) atoms. The molecule has 0 N–H and O–H groups in total. The summed E-state index contributed by atoms with van der Waals surface area (Å²) < 4.78 is 39.3. The quantitative estimate of drug-likeness (QED) is 0.550. The minimum atomic E-state index is -3.65. The second kappa shape index (κ2) is 8.07. The van der Waals surface area contributed by atoms with Crippen molar-refractivity contribution in [2.45, 2.75) is 11.6 Å². The van der Waals surface area contributed by atoms with Gasteiger partial charge in [-0.2, -0.15) is 5.26 Å². The average molecular weight is 362 g/mol. The summed E-state index contributed by atoms with van der Waals surface area (Å²) in [6.07, 6.45) is 1.02. The van der Waals surface area contributed by atoms with Gasteiger partial charge in [0.1, 0.15) is 18.6 Å². The summed E-state index contributed by atoms with van der Waals surface area (Å²) >= 11 is 0.